The van der Waals surface area contributed by atoms with Crippen LogP contribution in [-0.4, -0.2) is 28.7 Å². The van der Waals surface area contributed by atoms with Crippen LogP contribution < -0.4 is 0 Å². The van der Waals surface area contributed by atoms with Crippen LogP contribution in [0.1, 0.15) is 44.5 Å². The second-order valence-corrected chi connectivity index (χ2v) is 8.52. The van der Waals surface area contributed by atoms with Crippen molar-refractivity contribution in [1.29, 1.82) is 0 Å². The zero-order chi connectivity index (χ0) is 19.4. The number of rotatable bonds is 7. The number of benzene rings is 1. The van der Waals surface area contributed by atoms with Crippen LogP contribution in [-0.2, 0) is 13.0 Å². The number of allylic oxidation sites excluding steroid dienone is 1. The van der Waals surface area contributed by atoms with Gasteiger partial charge >= 0.3 is 0 Å². The summed E-state index contributed by atoms with van der Waals surface area (Å²) >= 11 is 0. The molecule has 0 saturated heterocycles. The van der Waals surface area contributed by atoms with Crippen molar-refractivity contribution in [3.05, 3.63) is 59.3 Å². The number of nitrogens with zero attached hydrogens (tertiary/aromatic N) is 3. The van der Waals surface area contributed by atoms with E-state index in [-0.39, 0.29) is 0 Å². The lowest BCUT2D eigenvalue weighted by molar-refractivity contribution is 0.172. The van der Waals surface area contributed by atoms with Crippen LogP contribution in [0.3, 0.4) is 0 Å². The molecule has 1 aliphatic carbocycles. The molecule has 3 rings (SSSR count). The Hall–Kier alpha value is -1.94. The van der Waals surface area contributed by atoms with E-state index in [0.717, 1.165) is 25.4 Å². The Kier molecular flexibility index (Phi) is 6.48. The van der Waals surface area contributed by atoms with Gasteiger partial charge in [0.15, 0.2) is 0 Å². The van der Waals surface area contributed by atoms with Gasteiger partial charge in [0.2, 0.25) is 11.8 Å². The van der Waals surface area contributed by atoms with Crippen molar-refractivity contribution < 1.29 is 4.42 Å². The molecule has 0 bridgehead atoms. The van der Waals surface area contributed by atoms with Gasteiger partial charge in [0.05, 0.1) is 0 Å². The highest BCUT2D eigenvalue weighted by atomic mass is 16.4. The number of hydrogen-bond donors (Lipinski definition) is 0. The Bertz CT molecular complexity index is 750. The molecule has 0 aliphatic heterocycles. The Morgan fingerprint density at radius 1 is 1.15 bits per heavy atom. The predicted octanol–water partition coefficient (Wildman–Crippen LogP) is 4.91. The van der Waals surface area contributed by atoms with Crippen LogP contribution in [0.5, 0.6) is 0 Å². The summed E-state index contributed by atoms with van der Waals surface area (Å²) in [5.41, 5.74) is 2.85. The fourth-order valence-electron chi connectivity index (χ4n) is 4.44. The molecule has 0 spiro atoms. The Labute approximate surface area is 163 Å². The molecule has 146 valence electrons. The minimum atomic E-state index is 0.507. The van der Waals surface area contributed by atoms with Gasteiger partial charge in [0, 0.05) is 26.4 Å². The molecule has 0 amide bonds. The zero-order valence-corrected chi connectivity index (χ0v) is 17.4. The van der Waals surface area contributed by atoms with E-state index in [1.165, 1.54) is 17.6 Å². The molecule has 1 aromatic carbocycles. The van der Waals surface area contributed by atoms with Gasteiger partial charge < -0.3 is 9.32 Å². The third-order valence-electron chi connectivity index (χ3n) is 5.89. The molecule has 3 atom stereocenters. The molecule has 0 N–H and O–H groups in total. The van der Waals surface area contributed by atoms with E-state index in [1.54, 1.807) is 0 Å². The van der Waals surface area contributed by atoms with Gasteiger partial charge in [0.1, 0.15) is 0 Å². The van der Waals surface area contributed by atoms with Crippen LogP contribution in [0.2, 0.25) is 0 Å². The molecule has 0 radical (unpaired) electrons. The summed E-state index contributed by atoms with van der Waals surface area (Å²) in [5.74, 6) is 3.88. The molecular weight excluding hydrogens is 334 g/mol. The third-order valence-corrected chi connectivity index (χ3v) is 5.89. The van der Waals surface area contributed by atoms with Crippen molar-refractivity contribution in [3.63, 3.8) is 0 Å². The van der Waals surface area contributed by atoms with Crippen LogP contribution in [0.15, 0.2) is 46.4 Å². The van der Waals surface area contributed by atoms with Crippen molar-refractivity contribution in [2.75, 3.05) is 13.6 Å². The summed E-state index contributed by atoms with van der Waals surface area (Å²) in [6, 6.07) is 10.7. The summed E-state index contributed by atoms with van der Waals surface area (Å²) in [6.07, 6.45) is 4.58. The van der Waals surface area contributed by atoms with Gasteiger partial charge in [-0.3, -0.25) is 0 Å². The van der Waals surface area contributed by atoms with Crippen LogP contribution in [0.4, 0.5) is 0 Å². The second-order valence-electron chi connectivity index (χ2n) is 8.52. The lowest BCUT2D eigenvalue weighted by Gasteiger charge is -2.38. The van der Waals surface area contributed by atoms with E-state index in [4.69, 9.17) is 4.42 Å². The summed E-state index contributed by atoms with van der Waals surface area (Å²) in [7, 11) is 2.24. The fraction of sp³-hybridized carbons (Fsp3) is 0.565. The number of aromatic nitrogens is 2. The predicted molar refractivity (Wildman–Crippen MR) is 109 cm³/mol. The van der Waals surface area contributed by atoms with Crippen molar-refractivity contribution in [1.82, 2.24) is 15.1 Å². The summed E-state index contributed by atoms with van der Waals surface area (Å²) in [6.45, 7) is 10.9. The highest BCUT2D eigenvalue weighted by Gasteiger charge is 2.32. The molecule has 2 aromatic rings. The minimum Gasteiger partial charge on any atom is -0.426 e. The molecule has 0 fully saturated rings. The maximum atomic E-state index is 5.63. The van der Waals surface area contributed by atoms with Gasteiger partial charge in [-0.1, -0.05) is 55.8 Å². The Morgan fingerprint density at radius 3 is 2.52 bits per heavy atom. The van der Waals surface area contributed by atoms with Crippen molar-refractivity contribution in [2.24, 2.45) is 23.7 Å². The van der Waals surface area contributed by atoms with Gasteiger partial charge in [-0.2, -0.15) is 0 Å². The number of aryl methyl sites for hydroxylation is 1. The van der Waals surface area contributed by atoms with Gasteiger partial charge in [0.25, 0.3) is 0 Å². The van der Waals surface area contributed by atoms with E-state index in [1.807, 2.05) is 6.92 Å². The number of hydrogen-bond acceptors (Lipinski definition) is 4. The smallest absolute Gasteiger partial charge is 0.217 e. The van der Waals surface area contributed by atoms with E-state index in [0.29, 0.717) is 29.6 Å². The lowest BCUT2D eigenvalue weighted by Crippen LogP contribution is -2.35. The first kappa shape index (κ1) is 19.8. The van der Waals surface area contributed by atoms with Gasteiger partial charge in [-0.15, -0.1) is 10.2 Å². The average Bonchev–Trinajstić information content (AvgIpc) is 3.02. The van der Waals surface area contributed by atoms with Crippen molar-refractivity contribution >= 4 is 0 Å². The topological polar surface area (TPSA) is 42.2 Å². The van der Waals surface area contributed by atoms with Crippen molar-refractivity contribution in [2.45, 2.75) is 47.1 Å². The van der Waals surface area contributed by atoms with Gasteiger partial charge in [-0.25, -0.2) is 0 Å². The standard InChI is InChI=1S/C23H33N3O/c1-16(2)22-12-20(13-23-25-24-18(4)27-23)17(3)11-21(22)15-26(5)14-19-9-7-6-8-10-19/h6-11,16,20-22H,12-15H2,1-5H3. The van der Waals surface area contributed by atoms with E-state index in [2.05, 4.69) is 79.3 Å². The lowest BCUT2D eigenvalue weighted by atomic mass is 9.69. The maximum absolute atomic E-state index is 5.63. The van der Waals surface area contributed by atoms with E-state index < -0.39 is 0 Å². The van der Waals surface area contributed by atoms with Crippen LogP contribution in [0.25, 0.3) is 0 Å². The van der Waals surface area contributed by atoms with Gasteiger partial charge in [-0.05, 0) is 49.6 Å². The molecule has 1 aromatic heterocycles. The van der Waals surface area contributed by atoms with Crippen molar-refractivity contribution in [3.8, 4) is 0 Å². The fourth-order valence-corrected chi connectivity index (χ4v) is 4.44. The molecule has 27 heavy (non-hydrogen) atoms. The van der Waals surface area contributed by atoms with Crippen LogP contribution >= 0.6 is 0 Å². The summed E-state index contributed by atoms with van der Waals surface area (Å²) in [4.78, 5) is 2.46. The first-order chi connectivity index (χ1) is 12.9. The summed E-state index contributed by atoms with van der Waals surface area (Å²) in [5, 5.41) is 8.19. The third kappa shape index (κ3) is 5.29. The largest absolute Gasteiger partial charge is 0.426 e. The average molecular weight is 368 g/mol. The highest BCUT2D eigenvalue weighted by Crippen LogP contribution is 2.39. The molecule has 1 heterocycles. The van der Waals surface area contributed by atoms with E-state index >= 15 is 0 Å². The Morgan fingerprint density at radius 2 is 1.89 bits per heavy atom. The summed E-state index contributed by atoms with van der Waals surface area (Å²) < 4.78 is 5.63. The first-order valence-electron chi connectivity index (χ1n) is 10.1. The minimum absolute atomic E-state index is 0.507. The zero-order valence-electron chi connectivity index (χ0n) is 17.4. The Balaban J connectivity index is 1.68. The van der Waals surface area contributed by atoms with Crippen LogP contribution in [0, 0.1) is 30.6 Å². The molecule has 3 unspecified atom stereocenters. The second kappa shape index (κ2) is 8.83. The highest BCUT2D eigenvalue weighted by molar-refractivity contribution is 5.16. The molecular formula is C23H33N3O. The maximum Gasteiger partial charge on any atom is 0.217 e. The first-order valence-corrected chi connectivity index (χ1v) is 10.1. The quantitative estimate of drug-likeness (QED) is 0.652. The molecule has 4 heteroatoms. The van der Waals surface area contributed by atoms with E-state index in [9.17, 15) is 0 Å². The molecule has 4 nitrogen and oxygen atoms in total. The SMILES string of the molecule is CC1=CC(CN(C)Cc2ccccc2)C(C(C)C)CC1Cc1nnc(C)o1. The monoisotopic (exact) mass is 367 g/mol. The molecule has 0 saturated carbocycles. The molecule has 1 aliphatic rings. The normalized spacial score (nSPS) is 23.1.